The fourth-order valence-electron chi connectivity index (χ4n) is 1.30. The zero-order valence-electron chi connectivity index (χ0n) is 9.40. The van der Waals surface area contributed by atoms with Gasteiger partial charge in [-0.15, -0.1) is 0 Å². The van der Waals surface area contributed by atoms with Crippen LogP contribution in [0.15, 0.2) is 49.2 Å². The average molecular weight is 199 g/mol. The highest BCUT2D eigenvalue weighted by atomic mass is 14.7. The van der Waals surface area contributed by atoms with E-state index in [0.717, 1.165) is 12.1 Å². The fourth-order valence-corrected chi connectivity index (χ4v) is 1.30. The molecule has 0 N–H and O–H groups in total. The average Bonchev–Trinajstić information content (AvgIpc) is 2.25. The number of pyridine rings is 1. The van der Waals surface area contributed by atoms with Crippen LogP contribution in [0.3, 0.4) is 0 Å². The fraction of sp³-hybridized carbons (Fsp3) is 0.214. The van der Waals surface area contributed by atoms with Gasteiger partial charge in [-0.05, 0) is 37.5 Å². The Morgan fingerprint density at radius 1 is 1.47 bits per heavy atom. The van der Waals surface area contributed by atoms with Gasteiger partial charge in [-0.2, -0.15) is 0 Å². The highest BCUT2D eigenvalue weighted by Crippen LogP contribution is 2.16. The monoisotopic (exact) mass is 199 g/mol. The van der Waals surface area contributed by atoms with Crippen LogP contribution in [0.1, 0.15) is 24.6 Å². The number of hydrogen-bond acceptors (Lipinski definition) is 1. The van der Waals surface area contributed by atoms with Crippen molar-refractivity contribution >= 4 is 5.57 Å². The molecule has 0 spiro atoms. The molecule has 0 bridgehead atoms. The molecule has 0 aliphatic carbocycles. The molecule has 0 radical (unpaired) electrons. The molecule has 78 valence electrons. The first-order valence-corrected chi connectivity index (χ1v) is 5.13. The van der Waals surface area contributed by atoms with Crippen LogP contribution in [0.5, 0.6) is 0 Å². The smallest absolute Gasteiger partial charge is 0.0664 e. The van der Waals surface area contributed by atoms with Crippen LogP contribution in [0.2, 0.25) is 0 Å². The molecular formula is C14H17N. The second kappa shape index (κ2) is 5.97. The highest BCUT2D eigenvalue weighted by molar-refractivity contribution is 5.65. The van der Waals surface area contributed by atoms with E-state index in [1.807, 2.05) is 38.3 Å². The third-order valence-electron chi connectivity index (χ3n) is 2.13. The van der Waals surface area contributed by atoms with E-state index in [2.05, 4.69) is 23.7 Å². The van der Waals surface area contributed by atoms with Crippen LogP contribution in [-0.2, 0) is 0 Å². The summed E-state index contributed by atoms with van der Waals surface area (Å²) in [4.78, 5) is 4.40. The highest BCUT2D eigenvalue weighted by Gasteiger charge is 1.99. The maximum atomic E-state index is 4.40. The molecule has 0 aromatic carbocycles. The molecule has 1 heteroatoms. The zero-order chi connectivity index (χ0) is 11.1. The molecule has 0 unspecified atom stereocenters. The summed E-state index contributed by atoms with van der Waals surface area (Å²) in [6, 6.07) is 4.13. The standard InChI is InChI=1S/C14H17N/c1-4-6-8-13(7-5-2)14-10-9-12(3)11-15-14/h4-7,9-11H,2,8H2,1,3H3/b6-4-,13-7+. The number of nitrogens with zero attached hydrogens (tertiary/aromatic N) is 1. The van der Waals surface area contributed by atoms with E-state index in [0.29, 0.717) is 0 Å². The predicted octanol–water partition coefficient (Wildman–Crippen LogP) is 3.93. The quantitative estimate of drug-likeness (QED) is 0.529. The summed E-state index contributed by atoms with van der Waals surface area (Å²) in [6.45, 7) is 7.79. The van der Waals surface area contributed by atoms with E-state index in [1.54, 1.807) is 6.08 Å². The summed E-state index contributed by atoms with van der Waals surface area (Å²) in [5.74, 6) is 0. The van der Waals surface area contributed by atoms with Crippen molar-refractivity contribution in [1.82, 2.24) is 4.98 Å². The van der Waals surface area contributed by atoms with Gasteiger partial charge in [0.15, 0.2) is 0 Å². The summed E-state index contributed by atoms with van der Waals surface area (Å²) in [5, 5.41) is 0. The molecule has 0 saturated carbocycles. The third kappa shape index (κ3) is 3.55. The minimum absolute atomic E-state index is 0.901. The topological polar surface area (TPSA) is 12.9 Å². The van der Waals surface area contributed by atoms with E-state index >= 15 is 0 Å². The van der Waals surface area contributed by atoms with Crippen molar-refractivity contribution in [2.45, 2.75) is 20.3 Å². The minimum atomic E-state index is 0.901. The molecular weight excluding hydrogens is 182 g/mol. The molecule has 0 atom stereocenters. The molecule has 1 nitrogen and oxygen atoms in total. The lowest BCUT2D eigenvalue weighted by Crippen LogP contribution is -1.88. The van der Waals surface area contributed by atoms with Gasteiger partial charge in [-0.1, -0.05) is 36.9 Å². The Labute approximate surface area is 91.9 Å². The first-order valence-electron chi connectivity index (χ1n) is 5.13. The molecule has 0 amide bonds. The molecule has 0 saturated heterocycles. The summed E-state index contributed by atoms with van der Waals surface area (Å²) in [5.41, 5.74) is 3.41. The van der Waals surface area contributed by atoms with Gasteiger partial charge in [0, 0.05) is 6.20 Å². The van der Waals surface area contributed by atoms with Crippen molar-refractivity contribution in [3.8, 4) is 0 Å². The van der Waals surface area contributed by atoms with E-state index in [1.165, 1.54) is 11.1 Å². The van der Waals surface area contributed by atoms with Gasteiger partial charge in [-0.25, -0.2) is 0 Å². The Hall–Kier alpha value is -1.63. The molecule has 1 aromatic rings. The van der Waals surface area contributed by atoms with E-state index < -0.39 is 0 Å². The van der Waals surface area contributed by atoms with E-state index in [4.69, 9.17) is 0 Å². The Morgan fingerprint density at radius 2 is 2.27 bits per heavy atom. The number of aromatic nitrogens is 1. The van der Waals surface area contributed by atoms with Crippen molar-refractivity contribution in [2.24, 2.45) is 0 Å². The van der Waals surface area contributed by atoms with Crippen LogP contribution < -0.4 is 0 Å². The lowest BCUT2D eigenvalue weighted by atomic mass is 10.1. The van der Waals surface area contributed by atoms with Gasteiger partial charge >= 0.3 is 0 Å². The Balaban J connectivity index is 2.94. The van der Waals surface area contributed by atoms with Crippen LogP contribution in [0.25, 0.3) is 5.57 Å². The SMILES string of the molecule is C=C/C=C(\C/C=C\C)c1ccc(C)cn1. The van der Waals surface area contributed by atoms with Gasteiger partial charge in [0.2, 0.25) is 0 Å². The van der Waals surface area contributed by atoms with Crippen molar-refractivity contribution in [3.05, 3.63) is 60.5 Å². The van der Waals surface area contributed by atoms with E-state index in [-0.39, 0.29) is 0 Å². The molecule has 15 heavy (non-hydrogen) atoms. The molecule has 1 aromatic heterocycles. The minimum Gasteiger partial charge on any atom is -0.256 e. The van der Waals surface area contributed by atoms with E-state index in [9.17, 15) is 0 Å². The Bertz CT molecular complexity index is 369. The third-order valence-corrected chi connectivity index (χ3v) is 2.13. The first-order chi connectivity index (χ1) is 7.27. The van der Waals surface area contributed by atoms with Gasteiger partial charge in [0.05, 0.1) is 5.69 Å². The van der Waals surface area contributed by atoms with Crippen molar-refractivity contribution < 1.29 is 0 Å². The van der Waals surface area contributed by atoms with Crippen molar-refractivity contribution in [1.29, 1.82) is 0 Å². The number of hydrogen-bond donors (Lipinski definition) is 0. The molecule has 0 aliphatic rings. The van der Waals surface area contributed by atoms with Crippen LogP contribution in [-0.4, -0.2) is 4.98 Å². The van der Waals surface area contributed by atoms with Gasteiger partial charge in [0.25, 0.3) is 0 Å². The number of allylic oxidation sites excluding steroid dienone is 5. The zero-order valence-corrected chi connectivity index (χ0v) is 9.40. The molecule has 1 heterocycles. The van der Waals surface area contributed by atoms with Gasteiger partial charge in [-0.3, -0.25) is 4.98 Å². The maximum Gasteiger partial charge on any atom is 0.0664 e. The maximum absolute atomic E-state index is 4.40. The second-order valence-electron chi connectivity index (χ2n) is 3.42. The lowest BCUT2D eigenvalue weighted by Gasteiger charge is -2.03. The Morgan fingerprint density at radius 3 is 2.80 bits per heavy atom. The summed E-state index contributed by atoms with van der Waals surface area (Å²) >= 11 is 0. The second-order valence-corrected chi connectivity index (χ2v) is 3.42. The number of rotatable bonds is 4. The van der Waals surface area contributed by atoms with Crippen molar-refractivity contribution in [2.75, 3.05) is 0 Å². The van der Waals surface area contributed by atoms with Crippen molar-refractivity contribution in [3.63, 3.8) is 0 Å². The summed E-state index contributed by atoms with van der Waals surface area (Å²) in [6.07, 6.45) is 10.8. The first kappa shape index (κ1) is 11.4. The van der Waals surface area contributed by atoms with Gasteiger partial charge in [0.1, 0.15) is 0 Å². The summed E-state index contributed by atoms with van der Waals surface area (Å²) in [7, 11) is 0. The summed E-state index contributed by atoms with van der Waals surface area (Å²) < 4.78 is 0. The van der Waals surface area contributed by atoms with Crippen LogP contribution in [0.4, 0.5) is 0 Å². The number of aryl methyl sites for hydroxylation is 1. The Kier molecular flexibility index (Phi) is 4.55. The normalized spacial score (nSPS) is 12.0. The van der Waals surface area contributed by atoms with Gasteiger partial charge < -0.3 is 0 Å². The molecule has 0 aliphatic heterocycles. The molecule has 1 rings (SSSR count). The largest absolute Gasteiger partial charge is 0.256 e. The predicted molar refractivity (Wildman–Crippen MR) is 66.6 cm³/mol. The van der Waals surface area contributed by atoms with Crippen LogP contribution in [0, 0.1) is 6.92 Å². The van der Waals surface area contributed by atoms with Crippen LogP contribution >= 0.6 is 0 Å². The molecule has 0 fully saturated rings. The lowest BCUT2D eigenvalue weighted by molar-refractivity contribution is 1.20.